The average molecular weight is 607 g/mol. The number of hydrazone groups is 1. The fourth-order valence-corrected chi connectivity index (χ4v) is 4.66. The first-order valence-corrected chi connectivity index (χ1v) is 13.9. The number of anilines is 1. The molecule has 2 heterocycles. The van der Waals surface area contributed by atoms with Crippen molar-refractivity contribution in [1.82, 2.24) is 9.78 Å². The second kappa shape index (κ2) is 10.6. The van der Waals surface area contributed by atoms with E-state index < -0.39 is 65.5 Å². The highest BCUT2D eigenvalue weighted by Crippen LogP contribution is 2.30. The lowest BCUT2D eigenvalue weighted by atomic mass is 10.1. The van der Waals surface area contributed by atoms with Crippen LogP contribution >= 0.6 is 0 Å². The molecule has 0 radical (unpaired) electrons. The van der Waals surface area contributed by atoms with E-state index in [0.717, 1.165) is 64.3 Å². The molecule has 0 amide bonds. The highest BCUT2D eigenvalue weighted by molar-refractivity contribution is 7.86. The van der Waals surface area contributed by atoms with Crippen LogP contribution in [-0.4, -0.2) is 80.0 Å². The van der Waals surface area contributed by atoms with E-state index >= 15 is 0 Å². The molecule has 4 rings (SSSR count). The van der Waals surface area contributed by atoms with Gasteiger partial charge >= 0.3 is 11.9 Å². The van der Waals surface area contributed by atoms with Gasteiger partial charge in [0.1, 0.15) is 0 Å². The van der Waals surface area contributed by atoms with E-state index in [4.69, 9.17) is 9.11 Å². The Morgan fingerprint density at radius 3 is 1.80 bits per heavy atom. The summed E-state index contributed by atoms with van der Waals surface area (Å²) in [7, 11) is -9.01. The minimum absolute atomic E-state index is 0.0394. The zero-order valence-electron chi connectivity index (χ0n) is 20.2. The number of hydrogen-bond donors (Lipinski definition) is 6. The third-order valence-electron chi connectivity index (χ3n) is 5.61. The Hall–Kier alpha value is -4.88. The number of aromatic nitrogens is 2. The molecule has 0 saturated carbocycles. The summed E-state index contributed by atoms with van der Waals surface area (Å²) in [5.41, 5.74) is -1.70. The van der Waals surface area contributed by atoms with Gasteiger partial charge in [0.05, 0.1) is 26.7 Å². The maximum absolute atomic E-state index is 11.8. The van der Waals surface area contributed by atoms with Gasteiger partial charge in [0.15, 0.2) is 17.6 Å². The van der Waals surface area contributed by atoms with Crippen LogP contribution in [-0.2, 0) is 25.0 Å². The minimum Gasteiger partial charge on any atom is -0.493 e. The summed E-state index contributed by atoms with van der Waals surface area (Å²) in [6, 6.07) is 8.67. The summed E-state index contributed by atoms with van der Waals surface area (Å²) in [4.78, 5) is 22.6. The van der Waals surface area contributed by atoms with Crippen molar-refractivity contribution in [2.75, 3.05) is 5.01 Å². The van der Waals surface area contributed by atoms with Gasteiger partial charge in [-0.25, -0.2) is 14.6 Å². The first kappa shape index (κ1) is 29.1. The molecule has 0 fully saturated rings. The van der Waals surface area contributed by atoms with Crippen LogP contribution in [0.4, 0.5) is 5.69 Å². The normalized spacial score (nSPS) is 16.9. The number of aliphatic carboxylic acids is 1. The van der Waals surface area contributed by atoms with Crippen molar-refractivity contribution in [3.63, 3.8) is 0 Å². The number of rotatable bonds is 8. The summed E-state index contributed by atoms with van der Waals surface area (Å²) >= 11 is 0. The van der Waals surface area contributed by atoms with Crippen LogP contribution < -0.4 is 5.01 Å². The van der Waals surface area contributed by atoms with E-state index in [1.807, 2.05) is 0 Å². The lowest BCUT2D eigenvalue weighted by Gasteiger charge is -2.19. The quantitative estimate of drug-likeness (QED) is 0.195. The predicted octanol–water partition coefficient (Wildman–Crippen LogP) is 0.988. The molecular formula is C23H18N4O12S2. The third-order valence-corrected chi connectivity index (χ3v) is 7.35. The van der Waals surface area contributed by atoms with Crippen molar-refractivity contribution >= 4 is 49.6 Å². The predicted molar refractivity (Wildman–Crippen MR) is 139 cm³/mol. The van der Waals surface area contributed by atoms with Gasteiger partial charge in [-0.2, -0.15) is 31.7 Å². The molecule has 1 aliphatic heterocycles. The van der Waals surface area contributed by atoms with Gasteiger partial charge in [-0.15, -0.1) is 0 Å². The van der Waals surface area contributed by atoms with E-state index in [2.05, 4.69) is 10.2 Å². The molecule has 6 N–H and O–H groups in total. The van der Waals surface area contributed by atoms with E-state index in [9.17, 15) is 46.9 Å². The Bertz CT molecular complexity index is 1860. The molecule has 214 valence electrons. The second-order valence-electron chi connectivity index (χ2n) is 8.19. The number of carbonyl (C=O) groups is 2. The van der Waals surface area contributed by atoms with Crippen molar-refractivity contribution in [2.45, 2.75) is 16.0 Å². The topological polar surface area (TPSA) is 257 Å². The molecule has 1 aromatic heterocycles. The molecule has 0 aliphatic carbocycles. The van der Waals surface area contributed by atoms with E-state index in [1.54, 1.807) is 0 Å². The molecule has 1 unspecified atom stereocenters. The summed E-state index contributed by atoms with van der Waals surface area (Å²) in [5.74, 6) is -3.76. The van der Waals surface area contributed by atoms with Crippen LogP contribution in [0.1, 0.15) is 16.1 Å². The van der Waals surface area contributed by atoms with Crippen LogP contribution in [0.3, 0.4) is 0 Å². The fraction of sp³-hybridized carbons (Fsp3) is 0.0435. The van der Waals surface area contributed by atoms with Gasteiger partial charge in [0.25, 0.3) is 20.2 Å². The number of carboxylic acid groups (broad SMARTS) is 2. The van der Waals surface area contributed by atoms with Crippen molar-refractivity contribution in [2.24, 2.45) is 5.10 Å². The third kappa shape index (κ3) is 5.85. The van der Waals surface area contributed by atoms with Gasteiger partial charge in [-0.1, -0.05) is 12.2 Å². The molecule has 0 saturated heterocycles. The number of carboxylic acids is 2. The van der Waals surface area contributed by atoms with Gasteiger partial charge in [-0.05, 0) is 54.6 Å². The Labute approximate surface area is 230 Å². The molecule has 16 nitrogen and oxygen atoms in total. The maximum Gasteiger partial charge on any atom is 0.357 e. The first-order valence-electron chi connectivity index (χ1n) is 11.0. The van der Waals surface area contributed by atoms with Crippen molar-refractivity contribution in [3.8, 4) is 11.6 Å². The largest absolute Gasteiger partial charge is 0.493 e. The fourth-order valence-electron chi connectivity index (χ4n) is 3.70. The number of aliphatic hydroxyl groups is 1. The van der Waals surface area contributed by atoms with Crippen LogP contribution in [0.2, 0.25) is 0 Å². The number of aromatic hydroxyl groups is 1. The zero-order chi connectivity index (χ0) is 30.3. The average Bonchev–Trinajstić information content (AvgIpc) is 3.40. The van der Waals surface area contributed by atoms with Crippen LogP contribution in [0.5, 0.6) is 5.88 Å². The standard InChI is InChI=1S/C23H18N4O12S2/c28-20-16(18(22(30)31)24-26(20)12-4-8-14(9-5-12)40(34,35)36)2-1-3-17-19(23(32)33)25-27(21(17)29)13-6-10-15(11-7-13)41(37,38)39/h1-11,20,28-29H,(H,30,31)(H,32,33)(H,34,35,36)(H,37,38,39)/b3-1+,16-2-. The minimum atomic E-state index is -4.51. The number of allylic oxidation sites excluding steroid dienone is 2. The summed E-state index contributed by atoms with van der Waals surface area (Å²) in [6.07, 6.45) is 1.60. The Morgan fingerprint density at radius 1 is 0.829 bits per heavy atom. The molecular weight excluding hydrogens is 588 g/mol. The Morgan fingerprint density at radius 2 is 1.34 bits per heavy atom. The zero-order valence-corrected chi connectivity index (χ0v) is 21.8. The summed E-state index contributed by atoms with van der Waals surface area (Å²) in [6.45, 7) is 0. The summed E-state index contributed by atoms with van der Waals surface area (Å²) < 4.78 is 64.1. The molecule has 3 aromatic rings. The molecule has 0 bridgehead atoms. The lowest BCUT2D eigenvalue weighted by Crippen LogP contribution is -2.28. The number of benzene rings is 2. The number of aromatic carboxylic acids is 1. The van der Waals surface area contributed by atoms with Crippen molar-refractivity contribution < 1.29 is 56.0 Å². The molecule has 41 heavy (non-hydrogen) atoms. The first-order chi connectivity index (χ1) is 19.1. The van der Waals surface area contributed by atoms with E-state index in [0.29, 0.717) is 0 Å². The van der Waals surface area contributed by atoms with Gasteiger partial charge < -0.3 is 20.4 Å². The van der Waals surface area contributed by atoms with Crippen LogP contribution in [0.25, 0.3) is 11.8 Å². The van der Waals surface area contributed by atoms with Crippen LogP contribution in [0, 0.1) is 0 Å². The van der Waals surface area contributed by atoms with Gasteiger partial charge in [0.2, 0.25) is 5.88 Å². The van der Waals surface area contributed by atoms with Gasteiger partial charge in [0, 0.05) is 5.57 Å². The van der Waals surface area contributed by atoms with Crippen molar-refractivity contribution in [3.05, 3.63) is 77.5 Å². The molecule has 1 aliphatic rings. The Kier molecular flexibility index (Phi) is 7.52. The smallest absolute Gasteiger partial charge is 0.357 e. The molecule has 2 aromatic carbocycles. The molecule has 18 heteroatoms. The highest BCUT2D eigenvalue weighted by atomic mass is 32.2. The SMILES string of the molecule is O=C(O)C1=NN(c2ccc(S(=O)(=O)O)cc2)C(O)/C1=C\C=C\c1c(C(=O)O)nn(-c2ccc(S(=O)(=O)O)cc2)c1O. The molecule has 0 spiro atoms. The van der Waals surface area contributed by atoms with E-state index in [-0.39, 0.29) is 22.5 Å². The summed E-state index contributed by atoms with van der Waals surface area (Å²) in [5, 5.41) is 49.0. The highest BCUT2D eigenvalue weighted by Gasteiger charge is 2.35. The second-order valence-corrected chi connectivity index (χ2v) is 11.0. The maximum atomic E-state index is 11.8. The number of hydrogen-bond acceptors (Lipinski definition) is 11. The Balaban J connectivity index is 1.68. The van der Waals surface area contributed by atoms with E-state index in [1.165, 1.54) is 12.1 Å². The lowest BCUT2D eigenvalue weighted by molar-refractivity contribution is -0.129. The number of aliphatic hydroxyl groups excluding tert-OH is 1. The van der Waals surface area contributed by atoms with Crippen LogP contribution in [0.15, 0.2) is 81.1 Å². The molecule has 1 atom stereocenters. The monoisotopic (exact) mass is 606 g/mol. The number of nitrogens with zero attached hydrogens (tertiary/aromatic N) is 4. The van der Waals surface area contributed by atoms with Gasteiger partial charge in [-0.3, -0.25) is 9.11 Å². The van der Waals surface area contributed by atoms with Crippen molar-refractivity contribution in [1.29, 1.82) is 0 Å².